The van der Waals surface area contributed by atoms with Crippen LogP contribution < -0.4 is 5.32 Å². The molecule has 0 fully saturated rings. The van der Waals surface area contributed by atoms with Gasteiger partial charge in [-0.25, -0.2) is 0 Å². The Balaban J connectivity index is 3.49. The van der Waals surface area contributed by atoms with E-state index in [2.05, 4.69) is 43.5 Å². The van der Waals surface area contributed by atoms with Crippen molar-refractivity contribution in [1.29, 1.82) is 0 Å². The SMILES string of the molecule is CCCCCCCC/C=C/CC/C=C/CCCC(O)C(O)C(CO)NC(=O)C(O)CCCCCCCCCCCCCCCCCCCCCCCCCCCCCCCCCCCCCCCC. The molecule has 1 amide bonds. The van der Waals surface area contributed by atoms with E-state index in [0.717, 1.165) is 38.5 Å². The predicted molar refractivity (Wildman–Crippen MR) is 302 cm³/mol. The molecule has 6 heteroatoms. The minimum absolute atomic E-state index is 0.365. The van der Waals surface area contributed by atoms with Gasteiger partial charge in [-0.3, -0.25) is 4.79 Å². The van der Waals surface area contributed by atoms with Crippen LogP contribution in [-0.4, -0.2) is 57.3 Å². The van der Waals surface area contributed by atoms with Gasteiger partial charge >= 0.3 is 0 Å². The maximum absolute atomic E-state index is 12.6. The quantitative estimate of drug-likeness (QED) is 0.0308. The van der Waals surface area contributed by atoms with Crippen molar-refractivity contribution in [1.82, 2.24) is 5.32 Å². The Hall–Kier alpha value is -1.21. The smallest absolute Gasteiger partial charge is 0.249 e. The maximum atomic E-state index is 12.6. The molecule has 0 spiro atoms. The maximum Gasteiger partial charge on any atom is 0.249 e. The summed E-state index contributed by atoms with van der Waals surface area (Å²) in [4.78, 5) is 12.6. The van der Waals surface area contributed by atoms with Crippen molar-refractivity contribution < 1.29 is 25.2 Å². The van der Waals surface area contributed by atoms with Crippen LogP contribution in [0, 0.1) is 0 Å². The second-order valence-corrected chi connectivity index (χ2v) is 21.7. The van der Waals surface area contributed by atoms with Gasteiger partial charge in [-0.15, -0.1) is 0 Å². The van der Waals surface area contributed by atoms with Crippen molar-refractivity contribution in [2.45, 2.75) is 366 Å². The van der Waals surface area contributed by atoms with Gasteiger partial charge in [-0.1, -0.05) is 314 Å². The van der Waals surface area contributed by atoms with E-state index in [0.29, 0.717) is 19.3 Å². The summed E-state index contributed by atoms with van der Waals surface area (Å²) in [5.74, 6) is -0.592. The molecule has 0 aromatic rings. The summed E-state index contributed by atoms with van der Waals surface area (Å²) >= 11 is 0. The summed E-state index contributed by atoms with van der Waals surface area (Å²) in [6.45, 7) is 4.06. The van der Waals surface area contributed by atoms with E-state index in [1.807, 2.05) is 0 Å². The van der Waals surface area contributed by atoms with Gasteiger partial charge in [0.25, 0.3) is 0 Å². The minimum Gasteiger partial charge on any atom is -0.394 e. The highest BCUT2D eigenvalue weighted by atomic mass is 16.3. The molecule has 0 aliphatic heterocycles. The van der Waals surface area contributed by atoms with Crippen molar-refractivity contribution in [3.8, 4) is 0 Å². The van der Waals surface area contributed by atoms with Gasteiger partial charge in [0.1, 0.15) is 12.2 Å². The molecule has 0 aromatic heterocycles. The lowest BCUT2D eigenvalue weighted by Gasteiger charge is -2.27. The first-order valence-corrected chi connectivity index (χ1v) is 31.2. The number of hydrogen-bond acceptors (Lipinski definition) is 5. The third-order valence-corrected chi connectivity index (χ3v) is 14.9. The highest BCUT2D eigenvalue weighted by Crippen LogP contribution is 2.19. The zero-order valence-corrected chi connectivity index (χ0v) is 46.6. The monoisotopic (exact) mass is 974 g/mol. The molecular weight excluding hydrogens is 851 g/mol. The summed E-state index contributed by atoms with van der Waals surface area (Å²) in [5.41, 5.74) is 0. The van der Waals surface area contributed by atoms with E-state index in [1.165, 1.54) is 270 Å². The second kappa shape index (κ2) is 57.7. The van der Waals surface area contributed by atoms with Gasteiger partial charge < -0.3 is 25.7 Å². The number of carbonyl (C=O) groups is 1. The van der Waals surface area contributed by atoms with Crippen LogP contribution in [0.15, 0.2) is 24.3 Å². The molecule has 0 aromatic carbocycles. The first-order valence-electron chi connectivity index (χ1n) is 31.2. The summed E-state index contributed by atoms with van der Waals surface area (Å²) < 4.78 is 0. The molecule has 0 aliphatic carbocycles. The van der Waals surface area contributed by atoms with E-state index >= 15 is 0 Å². The highest BCUT2D eigenvalue weighted by Gasteiger charge is 2.28. The molecule has 0 saturated carbocycles. The van der Waals surface area contributed by atoms with Crippen LogP contribution in [0.3, 0.4) is 0 Å². The number of aliphatic hydroxyl groups is 4. The van der Waals surface area contributed by atoms with E-state index in [1.54, 1.807) is 0 Å². The second-order valence-electron chi connectivity index (χ2n) is 21.7. The first-order chi connectivity index (χ1) is 34.0. The first kappa shape index (κ1) is 67.8. The van der Waals surface area contributed by atoms with Crippen LogP contribution in [0.4, 0.5) is 0 Å². The Morgan fingerprint density at radius 1 is 0.348 bits per heavy atom. The topological polar surface area (TPSA) is 110 Å². The predicted octanol–water partition coefficient (Wildman–Crippen LogP) is 18.6. The molecule has 0 saturated heterocycles. The Morgan fingerprint density at radius 3 is 0.913 bits per heavy atom. The molecule has 0 bridgehead atoms. The van der Waals surface area contributed by atoms with Crippen LogP contribution in [0.25, 0.3) is 0 Å². The van der Waals surface area contributed by atoms with Crippen molar-refractivity contribution in [3.63, 3.8) is 0 Å². The van der Waals surface area contributed by atoms with Crippen molar-refractivity contribution in [2.24, 2.45) is 0 Å². The average Bonchev–Trinajstić information content (AvgIpc) is 3.35. The molecule has 4 atom stereocenters. The summed E-state index contributed by atoms with van der Waals surface area (Å²) in [6.07, 6.45) is 71.6. The Morgan fingerprint density at radius 2 is 0.609 bits per heavy atom. The average molecular weight is 975 g/mol. The fourth-order valence-corrected chi connectivity index (χ4v) is 10.0. The van der Waals surface area contributed by atoms with Crippen LogP contribution in [-0.2, 0) is 4.79 Å². The molecule has 69 heavy (non-hydrogen) atoms. The van der Waals surface area contributed by atoms with E-state index < -0.39 is 36.9 Å². The normalized spacial score (nSPS) is 13.8. The summed E-state index contributed by atoms with van der Waals surface area (Å²) in [7, 11) is 0. The van der Waals surface area contributed by atoms with Crippen LogP contribution in [0.1, 0.15) is 341 Å². The molecule has 6 nitrogen and oxygen atoms in total. The minimum atomic E-state index is -1.29. The van der Waals surface area contributed by atoms with Crippen molar-refractivity contribution in [2.75, 3.05) is 6.61 Å². The van der Waals surface area contributed by atoms with Gasteiger partial charge in [0.05, 0.1) is 18.8 Å². The third kappa shape index (κ3) is 51.5. The van der Waals surface area contributed by atoms with E-state index in [9.17, 15) is 25.2 Å². The lowest BCUT2D eigenvalue weighted by Crippen LogP contribution is -2.53. The molecular formula is C63H123NO5. The number of allylic oxidation sites excluding steroid dienone is 4. The van der Waals surface area contributed by atoms with Gasteiger partial charge in [0, 0.05) is 0 Å². The van der Waals surface area contributed by atoms with Gasteiger partial charge in [0.2, 0.25) is 5.91 Å². The zero-order valence-electron chi connectivity index (χ0n) is 46.6. The standard InChI is InChI=1S/C63H123NO5/c1-3-5-7-9-11-13-15-17-19-20-21-22-23-24-25-26-27-28-29-30-31-32-33-34-35-36-37-38-39-40-41-43-45-47-49-51-53-55-57-61(67)63(69)64-59(58-65)62(68)60(66)56-54-52-50-48-46-44-42-18-16-14-12-10-8-6-4-2/h18,42,48,50,59-62,65-68H,3-17,19-41,43-47,49,51-58H2,1-2H3,(H,64,69)/b42-18+,50-48+. The van der Waals surface area contributed by atoms with E-state index in [4.69, 9.17) is 0 Å². The fourth-order valence-electron chi connectivity index (χ4n) is 10.0. The third-order valence-electron chi connectivity index (χ3n) is 14.9. The van der Waals surface area contributed by atoms with Crippen LogP contribution in [0.5, 0.6) is 0 Å². The van der Waals surface area contributed by atoms with Crippen molar-refractivity contribution >= 4 is 5.91 Å². The number of aliphatic hydroxyl groups excluding tert-OH is 4. The largest absolute Gasteiger partial charge is 0.394 e. The number of unbranched alkanes of at least 4 members (excludes halogenated alkanes) is 45. The molecule has 5 N–H and O–H groups in total. The van der Waals surface area contributed by atoms with Crippen LogP contribution >= 0.6 is 0 Å². The molecule has 0 aliphatic rings. The number of nitrogens with one attached hydrogen (secondary N) is 1. The lowest BCUT2D eigenvalue weighted by molar-refractivity contribution is -0.132. The summed E-state index contributed by atoms with van der Waals surface area (Å²) in [5, 5.41) is 43.9. The zero-order chi connectivity index (χ0) is 50.2. The van der Waals surface area contributed by atoms with Gasteiger partial charge in [-0.2, -0.15) is 0 Å². The summed E-state index contributed by atoms with van der Waals surface area (Å²) in [6, 6.07) is -1.01. The molecule has 4 unspecified atom stereocenters. The van der Waals surface area contributed by atoms with Crippen molar-refractivity contribution in [3.05, 3.63) is 24.3 Å². The molecule has 410 valence electrons. The van der Waals surface area contributed by atoms with Gasteiger partial charge in [-0.05, 0) is 51.4 Å². The fraction of sp³-hybridized carbons (Fsp3) is 0.921. The lowest BCUT2D eigenvalue weighted by atomic mass is 10.00. The number of rotatable bonds is 58. The highest BCUT2D eigenvalue weighted by molar-refractivity contribution is 5.80. The Bertz CT molecular complexity index is 1050. The number of amides is 1. The number of hydrogen-bond donors (Lipinski definition) is 5. The Labute approximate surface area is 431 Å². The van der Waals surface area contributed by atoms with E-state index in [-0.39, 0.29) is 0 Å². The molecule has 0 rings (SSSR count). The Kier molecular flexibility index (Phi) is 56.7. The molecule has 0 radical (unpaired) electrons. The van der Waals surface area contributed by atoms with Crippen LogP contribution in [0.2, 0.25) is 0 Å². The molecule has 0 heterocycles. The number of carbonyl (C=O) groups excluding carboxylic acids is 1. The van der Waals surface area contributed by atoms with Gasteiger partial charge in [0.15, 0.2) is 0 Å².